The van der Waals surface area contributed by atoms with Crippen molar-refractivity contribution in [3.8, 4) is 0 Å². The van der Waals surface area contributed by atoms with E-state index >= 15 is 0 Å². The molecule has 0 aliphatic carbocycles. The number of carbonyl (C=O) groups excluding carboxylic acids is 2. The van der Waals surface area contributed by atoms with Crippen molar-refractivity contribution in [2.24, 2.45) is 5.92 Å². The number of morpholine rings is 1. The third kappa shape index (κ3) is 3.89. The van der Waals surface area contributed by atoms with E-state index in [-0.39, 0.29) is 36.5 Å². The summed E-state index contributed by atoms with van der Waals surface area (Å²) in [6.07, 6.45) is 0.870. The van der Waals surface area contributed by atoms with Gasteiger partial charge in [0.25, 0.3) is 0 Å². The van der Waals surface area contributed by atoms with Gasteiger partial charge in [-0.3, -0.25) is 9.69 Å². The minimum absolute atomic E-state index is 0.127. The maximum atomic E-state index is 13.6. The van der Waals surface area contributed by atoms with Crippen molar-refractivity contribution >= 4 is 22.6 Å². The standard InChI is InChI=1S/C27H27NO4/c1-18-11-12-25(24-10-6-5-9-23(18)24)26(29)20-13-21-16-31-17-22(14-20)28(21)27(30)32-15-19-7-3-2-4-8-19/h2-12,20-22H,13-17H2,1H3. The Morgan fingerprint density at radius 2 is 1.56 bits per heavy atom. The van der Waals surface area contributed by atoms with Crippen molar-refractivity contribution < 1.29 is 19.1 Å². The molecule has 3 aromatic rings. The quantitative estimate of drug-likeness (QED) is 0.539. The highest BCUT2D eigenvalue weighted by atomic mass is 16.6. The maximum Gasteiger partial charge on any atom is 0.410 e. The van der Waals surface area contributed by atoms with Crippen molar-refractivity contribution in [2.45, 2.75) is 38.5 Å². The molecule has 2 fully saturated rings. The summed E-state index contributed by atoms with van der Waals surface area (Å²) >= 11 is 0. The van der Waals surface area contributed by atoms with Crippen molar-refractivity contribution in [1.82, 2.24) is 4.90 Å². The molecule has 5 nitrogen and oxygen atoms in total. The minimum Gasteiger partial charge on any atom is -0.445 e. The lowest BCUT2D eigenvalue weighted by atomic mass is 9.80. The molecule has 2 aliphatic heterocycles. The van der Waals surface area contributed by atoms with Crippen LogP contribution in [0.5, 0.6) is 0 Å². The fourth-order valence-electron chi connectivity index (χ4n) is 5.11. The van der Waals surface area contributed by atoms with Gasteiger partial charge in [-0.1, -0.05) is 66.7 Å². The van der Waals surface area contributed by atoms with Gasteiger partial charge in [0.1, 0.15) is 6.61 Å². The Balaban J connectivity index is 1.33. The summed E-state index contributed by atoms with van der Waals surface area (Å²) in [5, 5.41) is 2.12. The number of rotatable bonds is 4. The summed E-state index contributed by atoms with van der Waals surface area (Å²) in [5.41, 5.74) is 2.90. The average molecular weight is 430 g/mol. The van der Waals surface area contributed by atoms with E-state index in [4.69, 9.17) is 9.47 Å². The van der Waals surface area contributed by atoms with E-state index in [1.54, 1.807) is 0 Å². The van der Waals surface area contributed by atoms with Crippen LogP contribution in [0.4, 0.5) is 4.79 Å². The van der Waals surface area contributed by atoms with E-state index in [9.17, 15) is 9.59 Å². The molecule has 0 spiro atoms. The van der Waals surface area contributed by atoms with E-state index in [2.05, 4.69) is 13.0 Å². The van der Waals surface area contributed by atoms with Gasteiger partial charge >= 0.3 is 6.09 Å². The van der Waals surface area contributed by atoms with Crippen LogP contribution in [0.1, 0.15) is 34.3 Å². The van der Waals surface area contributed by atoms with Gasteiger partial charge < -0.3 is 9.47 Å². The number of aryl methyl sites for hydroxylation is 1. The van der Waals surface area contributed by atoms with Crippen LogP contribution in [0.3, 0.4) is 0 Å². The number of fused-ring (bicyclic) bond motifs is 3. The summed E-state index contributed by atoms with van der Waals surface area (Å²) < 4.78 is 11.3. The lowest BCUT2D eigenvalue weighted by Crippen LogP contribution is -2.59. The molecule has 32 heavy (non-hydrogen) atoms. The maximum absolute atomic E-state index is 13.6. The highest BCUT2D eigenvalue weighted by Gasteiger charge is 2.44. The molecular formula is C27H27NO4. The molecule has 2 unspecified atom stereocenters. The van der Waals surface area contributed by atoms with E-state index in [0.717, 1.165) is 21.9 Å². The fraction of sp³-hybridized carbons (Fsp3) is 0.333. The number of piperidine rings is 1. The first-order chi connectivity index (χ1) is 15.6. The predicted octanol–water partition coefficient (Wildman–Crippen LogP) is 5.15. The Hall–Kier alpha value is -3.18. The largest absolute Gasteiger partial charge is 0.445 e. The van der Waals surface area contributed by atoms with Crippen LogP contribution < -0.4 is 0 Å². The number of amides is 1. The van der Waals surface area contributed by atoms with Crippen molar-refractivity contribution in [3.63, 3.8) is 0 Å². The summed E-state index contributed by atoms with van der Waals surface area (Å²) in [6, 6.07) is 21.4. The van der Waals surface area contributed by atoms with Gasteiger partial charge in [-0.15, -0.1) is 0 Å². The highest BCUT2D eigenvalue weighted by Crippen LogP contribution is 2.35. The molecule has 0 aromatic heterocycles. The normalized spacial score (nSPS) is 22.5. The van der Waals surface area contributed by atoms with Crippen molar-refractivity contribution in [2.75, 3.05) is 13.2 Å². The zero-order valence-electron chi connectivity index (χ0n) is 18.2. The van der Waals surface area contributed by atoms with Gasteiger partial charge in [-0.2, -0.15) is 0 Å². The van der Waals surface area contributed by atoms with Crippen LogP contribution in [0.2, 0.25) is 0 Å². The molecule has 0 radical (unpaired) electrons. The number of ketones is 1. The first-order valence-corrected chi connectivity index (χ1v) is 11.2. The molecule has 5 heteroatoms. The van der Waals surface area contributed by atoms with Crippen LogP contribution in [0.15, 0.2) is 66.7 Å². The molecule has 2 atom stereocenters. The topological polar surface area (TPSA) is 55.8 Å². The first-order valence-electron chi connectivity index (χ1n) is 11.2. The number of hydrogen-bond acceptors (Lipinski definition) is 4. The molecular weight excluding hydrogens is 402 g/mol. The number of benzene rings is 3. The van der Waals surface area contributed by atoms with Crippen LogP contribution >= 0.6 is 0 Å². The smallest absolute Gasteiger partial charge is 0.410 e. The molecule has 5 rings (SSSR count). The van der Waals surface area contributed by atoms with E-state index in [1.807, 2.05) is 65.6 Å². The Bertz CT molecular complexity index is 1130. The van der Waals surface area contributed by atoms with E-state index < -0.39 is 0 Å². The molecule has 0 N–H and O–H groups in total. The Kier molecular flexibility index (Phi) is 5.66. The lowest BCUT2D eigenvalue weighted by molar-refractivity contribution is -0.0755. The fourth-order valence-corrected chi connectivity index (χ4v) is 5.11. The zero-order chi connectivity index (χ0) is 22.1. The second kappa shape index (κ2) is 8.75. The SMILES string of the molecule is Cc1ccc(C(=O)C2CC3COCC(C2)N3C(=O)OCc2ccccc2)c2ccccc12. The average Bonchev–Trinajstić information content (AvgIpc) is 2.82. The van der Waals surface area contributed by atoms with Gasteiger partial charge in [0.05, 0.1) is 25.3 Å². The van der Waals surface area contributed by atoms with Crippen LogP contribution in [-0.2, 0) is 16.1 Å². The summed E-state index contributed by atoms with van der Waals surface area (Å²) in [4.78, 5) is 28.3. The molecule has 2 saturated heterocycles. The van der Waals surface area contributed by atoms with Gasteiger partial charge in [-0.25, -0.2) is 4.79 Å². The second-order valence-electron chi connectivity index (χ2n) is 8.80. The molecule has 3 aromatic carbocycles. The van der Waals surface area contributed by atoms with Crippen LogP contribution in [0.25, 0.3) is 10.8 Å². The van der Waals surface area contributed by atoms with E-state index in [1.165, 1.54) is 5.56 Å². The van der Waals surface area contributed by atoms with E-state index in [0.29, 0.717) is 26.1 Å². The lowest BCUT2D eigenvalue weighted by Gasteiger charge is -2.47. The number of hydrogen-bond donors (Lipinski definition) is 0. The first kappa shape index (κ1) is 20.7. The third-order valence-electron chi connectivity index (χ3n) is 6.71. The van der Waals surface area contributed by atoms with Crippen molar-refractivity contribution in [3.05, 3.63) is 83.4 Å². The minimum atomic E-state index is -0.321. The Labute approximate surface area is 187 Å². The number of Topliss-reactive ketones (excluding diaryl/α,β-unsaturated/α-hetero) is 1. The third-order valence-corrected chi connectivity index (χ3v) is 6.71. The molecule has 0 saturated carbocycles. The highest BCUT2D eigenvalue weighted by molar-refractivity contribution is 6.09. The number of nitrogens with zero attached hydrogens (tertiary/aromatic N) is 1. The van der Waals surface area contributed by atoms with Gasteiger partial charge in [0.2, 0.25) is 0 Å². The monoisotopic (exact) mass is 429 g/mol. The molecule has 2 aliphatic rings. The van der Waals surface area contributed by atoms with Gasteiger partial charge in [0, 0.05) is 11.5 Å². The molecule has 164 valence electrons. The van der Waals surface area contributed by atoms with Gasteiger partial charge in [0.15, 0.2) is 5.78 Å². The van der Waals surface area contributed by atoms with Gasteiger partial charge in [-0.05, 0) is 41.7 Å². The predicted molar refractivity (Wildman–Crippen MR) is 123 cm³/mol. The second-order valence-corrected chi connectivity index (χ2v) is 8.80. The zero-order valence-corrected chi connectivity index (χ0v) is 18.2. The van der Waals surface area contributed by atoms with Crippen molar-refractivity contribution in [1.29, 1.82) is 0 Å². The van der Waals surface area contributed by atoms with Crippen LogP contribution in [0, 0.1) is 12.8 Å². The molecule has 2 heterocycles. The summed E-state index contributed by atoms with van der Waals surface area (Å²) in [7, 11) is 0. The number of carbonyl (C=O) groups is 2. The Morgan fingerprint density at radius 1 is 0.906 bits per heavy atom. The molecule has 2 bridgehead atoms. The Morgan fingerprint density at radius 3 is 2.28 bits per heavy atom. The number of ether oxygens (including phenoxy) is 2. The molecule has 1 amide bonds. The van der Waals surface area contributed by atoms with Crippen LogP contribution in [-0.4, -0.2) is 42.1 Å². The summed E-state index contributed by atoms with van der Waals surface area (Å²) in [5.74, 6) is 0.0357. The summed E-state index contributed by atoms with van der Waals surface area (Å²) in [6.45, 7) is 3.19.